The molecule has 2 aliphatic rings. The Morgan fingerprint density at radius 1 is 1.33 bits per heavy atom. The molecule has 0 radical (unpaired) electrons. The summed E-state index contributed by atoms with van der Waals surface area (Å²) in [6.07, 6.45) is 4.91. The monoisotopic (exact) mass is 387 g/mol. The van der Waals surface area contributed by atoms with Crippen molar-refractivity contribution in [3.05, 3.63) is 35.3 Å². The Balaban J connectivity index is 1.59. The number of benzene rings is 1. The van der Waals surface area contributed by atoms with Crippen LogP contribution in [-0.4, -0.2) is 38.2 Å². The number of ether oxygens (including phenoxy) is 2. The molecule has 27 heavy (non-hydrogen) atoms. The molecule has 1 atom stereocenters. The molecule has 1 unspecified atom stereocenters. The first-order chi connectivity index (χ1) is 13.2. The summed E-state index contributed by atoms with van der Waals surface area (Å²) < 4.78 is 10.8. The van der Waals surface area contributed by atoms with Gasteiger partial charge in [0, 0.05) is 29.1 Å². The number of carbonyl (C=O) groups is 1. The van der Waals surface area contributed by atoms with Crippen LogP contribution in [0.15, 0.2) is 29.8 Å². The van der Waals surface area contributed by atoms with Gasteiger partial charge < -0.3 is 14.8 Å². The molecule has 6 nitrogen and oxygen atoms in total. The third-order valence-electron chi connectivity index (χ3n) is 5.83. The Labute approximate surface area is 163 Å². The summed E-state index contributed by atoms with van der Waals surface area (Å²) in [7, 11) is 3.27. The number of aromatic nitrogens is 1. The fourth-order valence-corrected chi connectivity index (χ4v) is 4.75. The minimum Gasteiger partial charge on any atom is -0.497 e. The highest BCUT2D eigenvalue weighted by Crippen LogP contribution is 2.59. The normalized spacial score (nSPS) is 20.3. The number of anilines is 1. The van der Waals surface area contributed by atoms with Gasteiger partial charge in [-0.05, 0) is 49.9 Å². The summed E-state index contributed by atoms with van der Waals surface area (Å²) in [6.45, 7) is 2.46. The second-order valence-corrected chi connectivity index (χ2v) is 8.16. The van der Waals surface area contributed by atoms with Crippen molar-refractivity contribution in [1.29, 1.82) is 0 Å². The van der Waals surface area contributed by atoms with Crippen molar-refractivity contribution in [2.45, 2.75) is 25.8 Å². The number of carbonyl (C=O) groups excluding carboxylic acids is 1. The lowest BCUT2D eigenvalue weighted by atomic mass is 9.91. The van der Waals surface area contributed by atoms with Crippen molar-refractivity contribution in [2.24, 2.45) is 11.3 Å². The Morgan fingerprint density at radius 3 is 2.81 bits per heavy atom. The molecule has 1 saturated heterocycles. The van der Waals surface area contributed by atoms with E-state index in [2.05, 4.69) is 10.3 Å². The van der Waals surface area contributed by atoms with Gasteiger partial charge in [0.05, 0.1) is 20.8 Å². The van der Waals surface area contributed by atoms with E-state index in [0.29, 0.717) is 6.54 Å². The van der Waals surface area contributed by atoms with Gasteiger partial charge in [-0.15, -0.1) is 11.3 Å². The van der Waals surface area contributed by atoms with Gasteiger partial charge in [0.15, 0.2) is 5.13 Å². The van der Waals surface area contributed by atoms with Crippen LogP contribution in [0.4, 0.5) is 5.13 Å². The topological polar surface area (TPSA) is 63.7 Å². The summed E-state index contributed by atoms with van der Waals surface area (Å²) in [4.78, 5) is 19.7. The number of nitrogens with zero attached hydrogens (tertiary/aromatic N) is 2. The fraction of sp³-hybridized carbons (Fsp3) is 0.500. The van der Waals surface area contributed by atoms with Crippen LogP contribution in [0.3, 0.4) is 0 Å². The molecule has 0 bridgehead atoms. The molecular weight excluding hydrogens is 362 g/mol. The third-order valence-corrected chi connectivity index (χ3v) is 6.62. The molecule has 1 N–H and O–H groups in total. The summed E-state index contributed by atoms with van der Waals surface area (Å²) >= 11 is 1.50. The summed E-state index contributed by atoms with van der Waals surface area (Å²) in [5, 5.41) is 6.05. The second-order valence-electron chi connectivity index (χ2n) is 7.29. The lowest BCUT2D eigenvalue weighted by Gasteiger charge is -2.26. The van der Waals surface area contributed by atoms with Crippen molar-refractivity contribution >= 4 is 22.4 Å². The molecule has 144 valence electrons. The molecule has 1 aromatic heterocycles. The molecule has 7 heteroatoms. The highest BCUT2D eigenvalue weighted by atomic mass is 32.1. The molecule has 2 aromatic rings. The Morgan fingerprint density at radius 2 is 2.15 bits per heavy atom. The van der Waals surface area contributed by atoms with Crippen LogP contribution >= 0.6 is 11.3 Å². The van der Waals surface area contributed by atoms with Crippen LogP contribution in [0.2, 0.25) is 0 Å². The Hall–Kier alpha value is -2.12. The van der Waals surface area contributed by atoms with Gasteiger partial charge in [-0.3, -0.25) is 9.69 Å². The van der Waals surface area contributed by atoms with Crippen LogP contribution in [0.25, 0.3) is 0 Å². The number of thiazole rings is 1. The quantitative estimate of drug-likeness (QED) is 0.825. The molecule has 1 aliphatic heterocycles. The number of methoxy groups -OCH3 is 2. The van der Waals surface area contributed by atoms with E-state index in [1.807, 2.05) is 28.5 Å². The van der Waals surface area contributed by atoms with Gasteiger partial charge in [-0.1, -0.05) is 0 Å². The highest BCUT2D eigenvalue weighted by Gasteiger charge is 2.58. The van der Waals surface area contributed by atoms with Crippen molar-refractivity contribution in [3.63, 3.8) is 0 Å². The van der Waals surface area contributed by atoms with Crippen LogP contribution in [-0.2, 0) is 11.3 Å². The molecular formula is C20H25N3O3S. The minimum absolute atomic E-state index is 0.104. The second kappa shape index (κ2) is 7.48. The first-order valence-corrected chi connectivity index (χ1v) is 10.2. The first kappa shape index (κ1) is 18.3. The molecule has 1 aliphatic carbocycles. The molecule has 1 amide bonds. The zero-order chi connectivity index (χ0) is 18.9. The van der Waals surface area contributed by atoms with E-state index in [-0.39, 0.29) is 17.2 Å². The lowest BCUT2D eigenvalue weighted by molar-refractivity contribution is -0.120. The zero-order valence-corrected chi connectivity index (χ0v) is 16.6. The number of hydrogen-bond acceptors (Lipinski definition) is 6. The van der Waals surface area contributed by atoms with Crippen LogP contribution < -0.4 is 19.7 Å². The van der Waals surface area contributed by atoms with Gasteiger partial charge >= 0.3 is 0 Å². The number of hydrogen-bond donors (Lipinski definition) is 1. The smallest absolute Gasteiger partial charge is 0.232 e. The SMILES string of the molecule is COc1ccc(CN(C(=O)C2CC23CCNCC3)c2nccs2)c(OC)c1. The van der Waals surface area contributed by atoms with Gasteiger partial charge in [0.25, 0.3) is 0 Å². The Bertz CT molecular complexity index is 803. The third kappa shape index (κ3) is 3.53. The van der Waals surface area contributed by atoms with Crippen LogP contribution in [0.5, 0.6) is 11.5 Å². The van der Waals surface area contributed by atoms with Gasteiger partial charge in [-0.2, -0.15) is 0 Å². The van der Waals surface area contributed by atoms with Gasteiger partial charge in [-0.25, -0.2) is 4.98 Å². The van der Waals surface area contributed by atoms with E-state index < -0.39 is 0 Å². The van der Waals surface area contributed by atoms with Gasteiger partial charge in [0.1, 0.15) is 11.5 Å². The standard InChI is InChI=1S/C20H25N3O3S/c1-25-15-4-3-14(17(11-15)26-2)13-23(19-22-9-10-27-19)18(24)16-12-20(16)5-7-21-8-6-20/h3-4,9-11,16,21H,5-8,12-13H2,1-2H3. The van der Waals surface area contributed by atoms with E-state index in [4.69, 9.17) is 9.47 Å². The van der Waals surface area contributed by atoms with E-state index in [1.54, 1.807) is 20.4 Å². The maximum absolute atomic E-state index is 13.4. The number of nitrogens with one attached hydrogen (secondary N) is 1. The van der Waals surface area contributed by atoms with E-state index in [1.165, 1.54) is 11.3 Å². The van der Waals surface area contributed by atoms with Crippen molar-refractivity contribution in [1.82, 2.24) is 10.3 Å². The van der Waals surface area contributed by atoms with Crippen molar-refractivity contribution in [2.75, 3.05) is 32.2 Å². The number of piperidine rings is 1. The summed E-state index contributed by atoms with van der Waals surface area (Å²) in [6, 6.07) is 5.71. The van der Waals surface area contributed by atoms with Crippen molar-refractivity contribution in [3.8, 4) is 11.5 Å². The zero-order valence-electron chi connectivity index (χ0n) is 15.7. The summed E-state index contributed by atoms with van der Waals surface area (Å²) in [5.74, 6) is 1.74. The fourth-order valence-electron chi connectivity index (χ4n) is 4.10. The highest BCUT2D eigenvalue weighted by molar-refractivity contribution is 7.13. The van der Waals surface area contributed by atoms with Gasteiger partial charge in [0.2, 0.25) is 5.91 Å². The molecule has 1 spiro atoms. The van der Waals surface area contributed by atoms with Crippen LogP contribution in [0.1, 0.15) is 24.8 Å². The van der Waals surface area contributed by atoms with Crippen molar-refractivity contribution < 1.29 is 14.3 Å². The maximum Gasteiger partial charge on any atom is 0.232 e. The van der Waals surface area contributed by atoms with E-state index in [0.717, 1.165) is 54.5 Å². The lowest BCUT2D eigenvalue weighted by Crippen LogP contribution is -2.36. The molecule has 1 aromatic carbocycles. The number of rotatable bonds is 6. The number of amides is 1. The van der Waals surface area contributed by atoms with E-state index >= 15 is 0 Å². The summed E-state index contributed by atoms with van der Waals surface area (Å²) in [5.41, 5.74) is 1.14. The van der Waals surface area contributed by atoms with E-state index in [9.17, 15) is 4.79 Å². The first-order valence-electron chi connectivity index (χ1n) is 9.29. The largest absolute Gasteiger partial charge is 0.497 e. The predicted octanol–water partition coefficient (Wildman–Crippen LogP) is 3.08. The molecule has 4 rings (SSSR count). The predicted molar refractivity (Wildman–Crippen MR) is 105 cm³/mol. The Kier molecular flexibility index (Phi) is 5.06. The molecule has 2 heterocycles. The minimum atomic E-state index is 0.104. The average Bonchev–Trinajstić information content (AvgIpc) is 3.14. The van der Waals surface area contributed by atoms with Crippen LogP contribution in [0, 0.1) is 11.3 Å². The molecule has 2 fully saturated rings. The maximum atomic E-state index is 13.4. The average molecular weight is 388 g/mol. The molecule has 1 saturated carbocycles.